The predicted octanol–water partition coefficient (Wildman–Crippen LogP) is 2.85. The summed E-state index contributed by atoms with van der Waals surface area (Å²) in [5.74, 6) is 2.10. The van der Waals surface area contributed by atoms with Crippen LogP contribution in [0.2, 0.25) is 0 Å². The molecule has 0 unspecified atom stereocenters. The molecule has 3 heterocycles. The number of allylic oxidation sites excluding steroid dienone is 2. The van der Waals surface area contributed by atoms with Gasteiger partial charge < -0.3 is 4.90 Å². The van der Waals surface area contributed by atoms with Crippen LogP contribution in [0.3, 0.4) is 0 Å². The van der Waals surface area contributed by atoms with Gasteiger partial charge in [0, 0.05) is 42.7 Å². The van der Waals surface area contributed by atoms with Gasteiger partial charge >= 0.3 is 0 Å². The fraction of sp³-hybridized carbons (Fsp3) is 0.200. The molecule has 4 nitrogen and oxygen atoms in total. The molecule has 1 aromatic carbocycles. The molecular formula is C15H14N4S. The first-order valence-electron chi connectivity index (χ1n) is 6.60. The fourth-order valence-electron chi connectivity index (χ4n) is 2.60. The summed E-state index contributed by atoms with van der Waals surface area (Å²) in [5.41, 5.74) is 3.37. The maximum absolute atomic E-state index is 4.61. The highest BCUT2D eigenvalue weighted by Gasteiger charge is 2.21. The van der Waals surface area contributed by atoms with Crippen LogP contribution < -0.4 is 0 Å². The van der Waals surface area contributed by atoms with Crippen molar-refractivity contribution in [3.05, 3.63) is 48.3 Å². The first-order valence-corrected chi connectivity index (χ1v) is 7.55. The van der Waals surface area contributed by atoms with Crippen molar-refractivity contribution in [2.24, 2.45) is 11.4 Å². The van der Waals surface area contributed by atoms with E-state index in [1.54, 1.807) is 11.9 Å². The Hall–Kier alpha value is -2.01. The lowest BCUT2D eigenvalue weighted by atomic mass is 10.0. The van der Waals surface area contributed by atoms with Crippen molar-refractivity contribution in [1.82, 2.24) is 14.7 Å². The van der Waals surface area contributed by atoms with Crippen LogP contribution >= 0.6 is 11.9 Å². The SMILES string of the molecule is Cn1cc2ccc(C3=CC=CN4CCSN=C34)cc2n1. The summed E-state index contributed by atoms with van der Waals surface area (Å²) in [6.45, 7) is 1.02. The second kappa shape index (κ2) is 4.52. The third-order valence-corrected chi connectivity index (χ3v) is 4.22. The van der Waals surface area contributed by atoms with Gasteiger partial charge in [0.2, 0.25) is 0 Å². The summed E-state index contributed by atoms with van der Waals surface area (Å²) in [6.07, 6.45) is 8.36. The number of fused-ring (bicyclic) bond motifs is 2. The molecule has 0 spiro atoms. The van der Waals surface area contributed by atoms with Gasteiger partial charge in [-0.1, -0.05) is 12.1 Å². The first kappa shape index (κ1) is 11.8. The predicted molar refractivity (Wildman–Crippen MR) is 84.4 cm³/mol. The second-order valence-corrected chi connectivity index (χ2v) is 5.79. The highest BCUT2D eigenvalue weighted by molar-refractivity contribution is 7.98. The minimum absolute atomic E-state index is 1.02. The number of hydrogen-bond donors (Lipinski definition) is 0. The molecule has 20 heavy (non-hydrogen) atoms. The smallest absolute Gasteiger partial charge is 0.148 e. The van der Waals surface area contributed by atoms with Crippen molar-refractivity contribution < 1.29 is 0 Å². The van der Waals surface area contributed by atoms with E-state index in [1.165, 1.54) is 16.5 Å². The standard InChI is InChI=1S/C15H14N4S/c1-18-10-12-5-4-11(9-14(12)16-18)13-3-2-6-19-7-8-20-17-15(13)19/h2-6,9-10H,7-8H2,1H3. The molecule has 0 bridgehead atoms. The Labute approximate surface area is 121 Å². The lowest BCUT2D eigenvalue weighted by Crippen LogP contribution is -2.32. The van der Waals surface area contributed by atoms with Gasteiger partial charge in [-0.15, -0.1) is 0 Å². The average molecular weight is 282 g/mol. The van der Waals surface area contributed by atoms with Gasteiger partial charge in [-0.3, -0.25) is 4.68 Å². The summed E-state index contributed by atoms with van der Waals surface area (Å²) in [5, 5.41) is 5.65. The molecule has 100 valence electrons. The van der Waals surface area contributed by atoms with Gasteiger partial charge in [-0.25, -0.2) is 0 Å². The van der Waals surface area contributed by atoms with Crippen molar-refractivity contribution in [1.29, 1.82) is 0 Å². The molecule has 0 N–H and O–H groups in total. The summed E-state index contributed by atoms with van der Waals surface area (Å²) in [7, 11) is 1.95. The molecule has 1 aromatic heterocycles. The minimum atomic E-state index is 1.02. The van der Waals surface area contributed by atoms with Crippen LogP contribution in [-0.4, -0.2) is 32.8 Å². The van der Waals surface area contributed by atoms with E-state index in [0.717, 1.165) is 23.6 Å². The molecule has 0 saturated carbocycles. The van der Waals surface area contributed by atoms with E-state index in [9.17, 15) is 0 Å². The Morgan fingerprint density at radius 1 is 1.30 bits per heavy atom. The third-order valence-electron chi connectivity index (χ3n) is 3.55. The van der Waals surface area contributed by atoms with Gasteiger partial charge in [0.05, 0.1) is 5.52 Å². The molecule has 5 heteroatoms. The number of rotatable bonds is 1. The zero-order valence-corrected chi connectivity index (χ0v) is 12.0. The van der Waals surface area contributed by atoms with Crippen molar-refractivity contribution in [2.45, 2.75) is 0 Å². The lowest BCUT2D eigenvalue weighted by molar-refractivity contribution is 0.594. The number of nitrogens with zero attached hydrogens (tertiary/aromatic N) is 4. The highest BCUT2D eigenvalue weighted by atomic mass is 32.2. The van der Waals surface area contributed by atoms with Crippen LogP contribution in [0.4, 0.5) is 0 Å². The molecule has 0 fully saturated rings. The van der Waals surface area contributed by atoms with Gasteiger partial charge in [0.15, 0.2) is 0 Å². The van der Waals surface area contributed by atoms with Crippen LogP contribution in [0.25, 0.3) is 16.5 Å². The first-order chi connectivity index (χ1) is 9.81. The van der Waals surface area contributed by atoms with E-state index in [4.69, 9.17) is 0 Å². The Bertz CT molecular complexity index is 769. The van der Waals surface area contributed by atoms with Crippen molar-refractivity contribution in [2.75, 3.05) is 12.3 Å². The normalized spacial score (nSPS) is 17.9. The average Bonchev–Trinajstić information content (AvgIpc) is 2.85. The number of aryl methyl sites for hydroxylation is 1. The number of hydrogen-bond acceptors (Lipinski definition) is 4. The molecule has 0 amide bonds. The molecule has 0 saturated heterocycles. The minimum Gasteiger partial charge on any atom is -0.331 e. The number of amidine groups is 1. The quantitative estimate of drug-likeness (QED) is 0.754. The maximum Gasteiger partial charge on any atom is 0.148 e. The summed E-state index contributed by atoms with van der Waals surface area (Å²) in [6, 6.07) is 6.41. The van der Waals surface area contributed by atoms with E-state index in [2.05, 4.69) is 50.9 Å². The summed E-state index contributed by atoms with van der Waals surface area (Å²) < 4.78 is 6.46. The summed E-state index contributed by atoms with van der Waals surface area (Å²) >= 11 is 1.64. The van der Waals surface area contributed by atoms with Crippen LogP contribution in [0.1, 0.15) is 5.56 Å². The molecular weight excluding hydrogens is 268 g/mol. The maximum atomic E-state index is 4.61. The molecule has 0 atom stereocenters. The number of benzene rings is 1. The van der Waals surface area contributed by atoms with E-state index in [-0.39, 0.29) is 0 Å². The Balaban J connectivity index is 1.83. The lowest BCUT2D eigenvalue weighted by Gasteiger charge is -2.29. The molecule has 2 aliphatic heterocycles. The van der Waals surface area contributed by atoms with Crippen molar-refractivity contribution in [3.8, 4) is 0 Å². The molecule has 4 rings (SSSR count). The van der Waals surface area contributed by atoms with Crippen LogP contribution in [-0.2, 0) is 7.05 Å². The molecule has 2 aromatic rings. The summed E-state index contributed by atoms with van der Waals surface area (Å²) in [4.78, 5) is 2.22. The largest absolute Gasteiger partial charge is 0.331 e. The molecule has 0 radical (unpaired) electrons. The molecule has 2 aliphatic rings. The van der Waals surface area contributed by atoms with E-state index in [0.29, 0.717) is 0 Å². The molecule has 0 aliphatic carbocycles. The van der Waals surface area contributed by atoms with Gasteiger partial charge in [-0.05, 0) is 35.7 Å². The Morgan fingerprint density at radius 3 is 3.20 bits per heavy atom. The van der Waals surface area contributed by atoms with Crippen LogP contribution in [0.15, 0.2) is 47.1 Å². The fourth-order valence-corrected chi connectivity index (χ4v) is 3.30. The topological polar surface area (TPSA) is 33.4 Å². The van der Waals surface area contributed by atoms with E-state index >= 15 is 0 Å². The van der Waals surface area contributed by atoms with Crippen molar-refractivity contribution in [3.63, 3.8) is 0 Å². The third kappa shape index (κ3) is 1.86. The zero-order valence-electron chi connectivity index (χ0n) is 11.2. The monoisotopic (exact) mass is 282 g/mol. The van der Waals surface area contributed by atoms with Crippen LogP contribution in [0, 0.1) is 0 Å². The van der Waals surface area contributed by atoms with Gasteiger partial charge in [0.1, 0.15) is 5.84 Å². The van der Waals surface area contributed by atoms with Gasteiger partial charge in [0.25, 0.3) is 0 Å². The van der Waals surface area contributed by atoms with Crippen molar-refractivity contribution >= 4 is 34.3 Å². The van der Waals surface area contributed by atoms with Gasteiger partial charge in [-0.2, -0.15) is 9.50 Å². The number of aromatic nitrogens is 2. The second-order valence-electron chi connectivity index (χ2n) is 4.94. The Kier molecular flexibility index (Phi) is 2.67. The van der Waals surface area contributed by atoms with E-state index in [1.807, 2.05) is 17.9 Å². The van der Waals surface area contributed by atoms with Crippen LogP contribution in [0.5, 0.6) is 0 Å². The van der Waals surface area contributed by atoms with E-state index < -0.39 is 0 Å². The highest BCUT2D eigenvalue weighted by Crippen LogP contribution is 2.28. The zero-order chi connectivity index (χ0) is 13.5. The Morgan fingerprint density at radius 2 is 2.25 bits per heavy atom.